The van der Waals surface area contributed by atoms with E-state index < -0.39 is 12.1 Å². The summed E-state index contributed by atoms with van der Waals surface area (Å²) in [6.45, 7) is 0. The summed E-state index contributed by atoms with van der Waals surface area (Å²) < 4.78 is 0. The molecule has 0 rings (SSSR count). The summed E-state index contributed by atoms with van der Waals surface area (Å²) in [5.74, 6) is -0.872. The van der Waals surface area contributed by atoms with Gasteiger partial charge in [0.05, 0.1) is 6.10 Å². The van der Waals surface area contributed by atoms with Gasteiger partial charge in [0.1, 0.15) is 6.29 Å². The van der Waals surface area contributed by atoms with Gasteiger partial charge in [-0.3, -0.25) is 4.79 Å². The lowest BCUT2D eigenvalue weighted by Gasteiger charge is -2.03. The molecule has 0 aliphatic heterocycles. The van der Waals surface area contributed by atoms with Gasteiger partial charge < -0.3 is 15.0 Å². The van der Waals surface area contributed by atoms with Gasteiger partial charge in [-0.2, -0.15) is 0 Å². The van der Waals surface area contributed by atoms with E-state index in [2.05, 4.69) is 0 Å². The maximum atomic E-state index is 9.99. The summed E-state index contributed by atoms with van der Waals surface area (Å²) in [7, 11) is 0. The van der Waals surface area contributed by atoms with Gasteiger partial charge in [0.25, 0.3) is 0 Å². The summed E-state index contributed by atoms with van der Waals surface area (Å²) in [4.78, 5) is 19.8. The third-order valence-corrected chi connectivity index (χ3v) is 1.30. The maximum absolute atomic E-state index is 9.99. The summed E-state index contributed by atoms with van der Waals surface area (Å²) in [6, 6.07) is 0. The van der Waals surface area contributed by atoms with Crippen LogP contribution in [-0.4, -0.2) is 28.6 Å². The number of aldehydes is 1. The number of aliphatic carboxylic acids is 1. The SMILES string of the molecule is O=CC[C@@H](O)CCCC(=O)O. The second kappa shape index (κ2) is 5.85. The fourth-order valence-corrected chi connectivity index (χ4v) is 0.718. The molecule has 0 aliphatic carbocycles. The van der Waals surface area contributed by atoms with E-state index in [9.17, 15) is 9.59 Å². The summed E-state index contributed by atoms with van der Waals surface area (Å²) >= 11 is 0. The number of carbonyl (C=O) groups is 2. The van der Waals surface area contributed by atoms with Crippen LogP contribution in [0, 0.1) is 0 Å². The van der Waals surface area contributed by atoms with Crippen molar-refractivity contribution in [3.8, 4) is 0 Å². The molecular weight excluding hydrogens is 148 g/mol. The lowest BCUT2D eigenvalue weighted by molar-refractivity contribution is -0.137. The third kappa shape index (κ3) is 6.99. The molecule has 0 fully saturated rings. The van der Waals surface area contributed by atoms with Gasteiger partial charge in [-0.15, -0.1) is 0 Å². The molecule has 0 aromatic carbocycles. The molecule has 4 heteroatoms. The van der Waals surface area contributed by atoms with Crippen LogP contribution in [0.15, 0.2) is 0 Å². The average molecular weight is 160 g/mol. The molecule has 0 aliphatic rings. The first-order chi connectivity index (χ1) is 5.16. The van der Waals surface area contributed by atoms with E-state index in [1.807, 2.05) is 0 Å². The normalized spacial score (nSPS) is 12.5. The van der Waals surface area contributed by atoms with Crippen molar-refractivity contribution in [3.05, 3.63) is 0 Å². The zero-order valence-corrected chi connectivity index (χ0v) is 6.19. The molecule has 0 spiro atoms. The van der Waals surface area contributed by atoms with Gasteiger partial charge >= 0.3 is 5.97 Å². The Balaban J connectivity index is 3.23. The van der Waals surface area contributed by atoms with E-state index in [0.29, 0.717) is 19.1 Å². The fourth-order valence-electron chi connectivity index (χ4n) is 0.718. The van der Waals surface area contributed by atoms with Crippen LogP contribution in [0.5, 0.6) is 0 Å². The van der Waals surface area contributed by atoms with Gasteiger partial charge in [-0.1, -0.05) is 0 Å². The second-order valence-electron chi connectivity index (χ2n) is 2.34. The van der Waals surface area contributed by atoms with Crippen LogP contribution in [0.3, 0.4) is 0 Å². The molecule has 0 radical (unpaired) electrons. The molecule has 0 amide bonds. The van der Waals surface area contributed by atoms with Crippen molar-refractivity contribution in [3.63, 3.8) is 0 Å². The Morgan fingerprint density at radius 1 is 1.55 bits per heavy atom. The van der Waals surface area contributed by atoms with Crippen LogP contribution in [0.4, 0.5) is 0 Å². The Kier molecular flexibility index (Phi) is 5.37. The first-order valence-corrected chi connectivity index (χ1v) is 3.50. The topological polar surface area (TPSA) is 74.6 Å². The molecule has 0 saturated heterocycles. The molecule has 64 valence electrons. The van der Waals surface area contributed by atoms with Gasteiger partial charge in [0.2, 0.25) is 0 Å². The molecule has 11 heavy (non-hydrogen) atoms. The first kappa shape index (κ1) is 10.1. The van der Waals surface area contributed by atoms with Crippen molar-refractivity contribution in [2.45, 2.75) is 31.8 Å². The molecule has 0 heterocycles. The molecule has 0 bridgehead atoms. The predicted molar refractivity (Wildman–Crippen MR) is 38.2 cm³/mol. The lowest BCUT2D eigenvalue weighted by Crippen LogP contribution is -2.07. The first-order valence-electron chi connectivity index (χ1n) is 3.50. The van der Waals surface area contributed by atoms with E-state index in [1.165, 1.54) is 0 Å². The van der Waals surface area contributed by atoms with Crippen LogP contribution >= 0.6 is 0 Å². The number of hydrogen-bond acceptors (Lipinski definition) is 3. The molecule has 0 unspecified atom stereocenters. The van der Waals surface area contributed by atoms with Gasteiger partial charge in [0.15, 0.2) is 0 Å². The predicted octanol–water partition coefficient (Wildman–Crippen LogP) is 0.191. The highest BCUT2D eigenvalue weighted by Gasteiger charge is 2.03. The summed E-state index contributed by atoms with van der Waals surface area (Å²) in [5.41, 5.74) is 0. The minimum Gasteiger partial charge on any atom is -0.481 e. The zero-order chi connectivity index (χ0) is 8.69. The van der Waals surface area contributed by atoms with Crippen molar-refractivity contribution >= 4 is 12.3 Å². The molecule has 1 atom stereocenters. The number of carbonyl (C=O) groups excluding carboxylic acids is 1. The van der Waals surface area contributed by atoms with Crippen LogP contribution < -0.4 is 0 Å². The molecule has 0 aromatic heterocycles. The van der Waals surface area contributed by atoms with Crippen molar-refractivity contribution in [1.82, 2.24) is 0 Å². The van der Waals surface area contributed by atoms with E-state index in [4.69, 9.17) is 10.2 Å². The Labute approximate surface area is 64.8 Å². The molecule has 2 N–H and O–H groups in total. The van der Waals surface area contributed by atoms with E-state index >= 15 is 0 Å². The van der Waals surface area contributed by atoms with Crippen LogP contribution in [-0.2, 0) is 9.59 Å². The lowest BCUT2D eigenvalue weighted by atomic mass is 10.1. The van der Waals surface area contributed by atoms with E-state index in [0.717, 1.165) is 0 Å². The molecule has 0 saturated carbocycles. The van der Waals surface area contributed by atoms with Crippen molar-refractivity contribution in [2.75, 3.05) is 0 Å². The number of rotatable bonds is 6. The monoisotopic (exact) mass is 160 g/mol. The minimum atomic E-state index is -0.872. The fraction of sp³-hybridized carbons (Fsp3) is 0.714. The third-order valence-electron chi connectivity index (χ3n) is 1.30. The number of carboxylic acid groups (broad SMARTS) is 1. The van der Waals surface area contributed by atoms with Crippen LogP contribution in [0.2, 0.25) is 0 Å². The van der Waals surface area contributed by atoms with Crippen LogP contribution in [0.1, 0.15) is 25.7 Å². The van der Waals surface area contributed by atoms with Crippen molar-refractivity contribution < 1.29 is 19.8 Å². The van der Waals surface area contributed by atoms with Gasteiger partial charge in [-0.25, -0.2) is 0 Å². The van der Waals surface area contributed by atoms with Crippen molar-refractivity contribution in [1.29, 1.82) is 0 Å². The Morgan fingerprint density at radius 3 is 2.64 bits per heavy atom. The molecule has 4 nitrogen and oxygen atoms in total. The standard InChI is InChI=1S/C7H12O4/c8-5-4-6(9)2-1-3-7(10)11/h5-6,9H,1-4H2,(H,10,11)/t6-/m0/s1. The number of carboxylic acids is 1. The Hall–Kier alpha value is -0.900. The van der Waals surface area contributed by atoms with Gasteiger partial charge in [-0.05, 0) is 12.8 Å². The maximum Gasteiger partial charge on any atom is 0.303 e. The van der Waals surface area contributed by atoms with E-state index in [1.54, 1.807) is 0 Å². The Bertz CT molecular complexity index is 132. The van der Waals surface area contributed by atoms with Crippen LogP contribution in [0.25, 0.3) is 0 Å². The average Bonchev–Trinajstić information content (AvgIpc) is 1.87. The highest BCUT2D eigenvalue weighted by atomic mass is 16.4. The minimum absolute atomic E-state index is 0.0515. The molecule has 0 aromatic rings. The summed E-state index contributed by atoms with van der Waals surface area (Å²) in [6.07, 6.45) is 0.905. The second-order valence-corrected chi connectivity index (χ2v) is 2.34. The number of hydrogen-bond donors (Lipinski definition) is 2. The summed E-state index contributed by atoms with van der Waals surface area (Å²) in [5, 5.41) is 17.1. The van der Waals surface area contributed by atoms with E-state index in [-0.39, 0.29) is 12.8 Å². The molecular formula is C7H12O4. The highest BCUT2D eigenvalue weighted by Crippen LogP contribution is 2.02. The van der Waals surface area contributed by atoms with Gasteiger partial charge in [0, 0.05) is 12.8 Å². The smallest absolute Gasteiger partial charge is 0.303 e. The zero-order valence-electron chi connectivity index (χ0n) is 6.19. The Morgan fingerprint density at radius 2 is 2.18 bits per heavy atom. The largest absolute Gasteiger partial charge is 0.481 e. The number of aliphatic hydroxyl groups is 1. The quantitative estimate of drug-likeness (QED) is 0.544. The number of aliphatic hydroxyl groups excluding tert-OH is 1. The highest BCUT2D eigenvalue weighted by molar-refractivity contribution is 5.66. The van der Waals surface area contributed by atoms with Crippen molar-refractivity contribution in [2.24, 2.45) is 0 Å².